The maximum atomic E-state index is 12.4. The summed E-state index contributed by atoms with van der Waals surface area (Å²) in [5.41, 5.74) is 1.51. The van der Waals surface area contributed by atoms with Gasteiger partial charge in [-0.25, -0.2) is 18.4 Å². The lowest BCUT2D eigenvalue weighted by Gasteiger charge is -2.34. The van der Waals surface area contributed by atoms with Crippen molar-refractivity contribution < 1.29 is 13.2 Å². The molecule has 0 radical (unpaired) electrons. The Hall–Kier alpha value is -2.00. The second-order valence-electron chi connectivity index (χ2n) is 7.17. The van der Waals surface area contributed by atoms with Crippen molar-refractivity contribution in [1.82, 2.24) is 20.2 Å². The van der Waals surface area contributed by atoms with E-state index in [4.69, 9.17) is 9.72 Å². The van der Waals surface area contributed by atoms with Crippen LogP contribution in [-0.4, -0.2) is 60.6 Å². The predicted octanol–water partition coefficient (Wildman–Crippen LogP) is 1.05. The van der Waals surface area contributed by atoms with Crippen LogP contribution in [0.1, 0.15) is 37.0 Å². The molecule has 26 heavy (non-hydrogen) atoms. The van der Waals surface area contributed by atoms with Crippen LogP contribution in [0.4, 0.5) is 5.82 Å². The van der Waals surface area contributed by atoms with Gasteiger partial charge < -0.3 is 9.64 Å². The van der Waals surface area contributed by atoms with Gasteiger partial charge >= 0.3 is 0 Å². The van der Waals surface area contributed by atoms with Crippen LogP contribution < -0.4 is 4.90 Å². The molecule has 0 amide bonds. The van der Waals surface area contributed by atoms with Crippen molar-refractivity contribution in [1.29, 1.82) is 0 Å². The minimum Gasteiger partial charge on any atom is -0.377 e. The molecule has 1 aliphatic heterocycles. The zero-order chi connectivity index (χ0) is 18.4. The number of sulfone groups is 1. The molecule has 2 aromatic heterocycles. The van der Waals surface area contributed by atoms with Crippen LogP contribution in [0, 0.1) is 0 Å². The highest BCUT2D eigenvalue weighted by molar-refractivity contribution is 7.91. The highest BCUT2D eigenvalue weighted by atomic mass is 32.2. The molecule has 0 aromatic carbocycles. The second-order valence-corrected chi connectivity index (χ2v) is 9.50. The van der Waals surface area contributed by atoms with Gasteiger partial charge in [-0.15, -0.1) is 0 Å². The van der Waals surface area contributed by atoms with Crippen molar-refractivity contribution in [3.63, 3.8) is 0 Å². The summed E-state index contributed by atoms with van der Waals surface area (Å²) in [7, 11) is -3.24. The van der Waals surface area contributed by atoms with E-state index in [0.29, 0.717) is 44.0 Å². The Morgan fingerprint density at radius 2 is 2.19 bits per heavy atom. The Balaban J connectivity index is 1.77. The van der Waals surface area contributed by atoms with Gasteiger partial charge in [0.2, 0.25) is 0 Å². The van der Waals surface area contributed by atoms with Crippen LogP contribution in [0.3, 0.4) is 0 Å². The van der Waals surface area contributed by atoms with Gasteiger partial charge in [0.15, 0.2) is 9.84 Å². The third-order valence-corrected chi connectivity index (χ3v) is 7.25. The molecular formula is C17H23N5O3S. The predicted molar refractivity (Wildman–Crippen MR) is 96.8 cm³/mol. The number of hydrogen-bond donors (Lipinski definition) is 1. The fourth-order valence-electron chi connectivity index (χ4n) is 3.49. The van der Waals surface area contributed by atoms with Crippen molar-refractivity contribution >= 4 is 15.7 Å². The number of aromatic nitrogens is 4. The molecule has 1 saturated heterocycles. The molecule has 1 saturated carbocycles. The molecule has 8 nitrogen and oxygen atoms in total. The Bertz CT molecular complexity index is 893. The van der Waals surface area contributed by atoms with Crippen LogP contribution in [0.5, 0.6) is 0 Å². The average molecular weight is 377 g/mol. The van der Waals surface area contributed by atoms with Gasteiger partial charge in [-0.2, -0.15) is 5.10 Å². The van der Waals surface area contributed by atoms with Crippen molar-refractivity contribution in [3.05, 3.63) is 35.5 Å². The molecule has 1 aliphatic carbocycles. The van der Waals surface area contributed by atoms with Gasteiger partial charge in [0.1, 0.15) is 16.4 Å². The first kappa shape index (κ1) is 17.4. The fraction of sp³-hybridized carbons (Fsp3) is 0.588. The number of nitrogens with zero attached hydrogens (tertiary/aromatic N) is 4. The van der Waals surface area contributed by atoms with Crippen molar-refractivity contribution in [3.8, 4) is 0 Å². The first-order chi connectivity index (χ1) is 12.4. The Morgan fingerprint density at radius 1 is 1.38 bits per heavy atom. The van der Waals surface area contributed by atoms with E-state index < -0.39 is 14.6 Å². The maximum Gasteiger partial charge on any atom is 0.158 e. The first-order valence-electron chi connectivity index (χ1n) is 8.80. The molecule has 0 bridgehead atoms. The SMILES string of the molecule is C[C@@H]1COCCN1c1cc(C2(S(C)(=O)=O)CC2)nc(Cc2ccn[nH]2)n1. The van der Waals surface area contributed by atoms with Gasteiger partial charge in [-0.3, -0.25) is 5.10 Å². The van der Waals surface area contributed by atoms with Crippen molar-refractivity contribution in [2.75, 3.05) is 30.9 Å². The highest BCUT2D eigenvalue weighted by Gasteiger charge is 2.55. The van der Waals surface area contributed by atoms with Crippen LogP contribution >= 0.6 is 0 Å². The largest absolute Gasteiger partial charge is 0.377 e. The van der Waals surface area contributed by atoms with E-state index in [2.05, 4.69) is 27.0 Å². The van der Waals surface area contributed by atoms with Gasteiger partial charge in [0.25, 0.3) is 0 Å². The summed E-state index contributed by atoms with van der Waals surface area (Å²) in [5, 5.41) is 6.88. The number of aromatic amines is 1. The molecule has 140 valence electrons. The summed E-state index contributed by atoms with van der Waals surface area (Å²) in [6.07, 6.45) is 4.70. The van der Waals surface area contributed by atoms with Crippen molar-refractivity contribution in [2.24, 2.45) is 0 Å². The molecule has 2 fully saturated rings. The molecule has 4 rings (SSSR count). The number of H-pyrrole nitrogens is 1. The quantitative estimate of drug-likeness (QED) is 0.831. The van der Waals surface area contributed by atoms with E-state index in [-0.39, 0.29) is 6.04 Å². The maximum absolute atomic E-state index is 12.4. The monoisotopic (exact) mass is 377 g/mol. The molecule has 1 N–H and O–H groups in total. The van der Waals surface area contributed by atoms with Crippen LogP contribution in [0.2, 0.25) is 0 Å². The average Bonchev–Trinajstić information content (AvgIpc) is 3.28. The van der Waals surface area contributed by atoms with E-state index >= 15 is 0 Å². The zero-order valence-corrected chi connectivity index (χ0v) is 15.8. The van der Waals surface area contributed by atoms with Gasteiger partial charge in [0, 0.05) is 37.2 Å². The Kier molecular flexibility index (Phi) is 4.23. The molecule has 2 aromatic rings. The molecule has 0 spiro atoms. The number of hydrogen-bond acceptors (Lipinski definition) is 7. The topological polar surface area (TPSA) is 101 Å². The summed E-state index contributed by atoms with van der Waals surface area (Å²) in [6.45, 7) is 4.08. The molecular weight excluding hydrogens is 354 g/mol. The molecule has 2 aliphatic rings. The summed E-state index contributed by atoms with van der Waals surface area (Å²) in [4.78, 5) is 11.5. The summed E-state index contributed by atoms with van der Waals surface area (Å²) in [5.74, 6) is 1.38. The third kappa shape index (κ3) is 3.09. The standard InChI is InChI=1S/C17H23N5O3S/c1-12-11-25-8-7-22(12)16-10-14(17(4-5-17)26(2,23)24)19-15(20-16)9-13-3-6-18-21-13/h3,6,10,12H,4-5,7-9,11H2,1-2H3,(H,18,21)/t12-/m1/s1. The lowest BCUT2D eigenvalue weighted by atomic mass is 10.2. The minimum absolute atomic E-state index is 0.180. The smallest absolute Gasteiger partial charge is 0.158 e. The number of nitrogens with one attached hydrogen (secondary N) is 1. The molecule has 0 unspecified atom stereocenters. The number of rotatable bonds is 5. The lowest BCUT2D eigenvalue weighted by molar-refractivity contribution is 0.0985. The van der Waals surface area contributed by atoms with E-state index in [1.54, 1.807) is 6.20 Å². The molecule has 3 heterocycles. The normalized spacial score (nSPS) is 22.4. The highest BCUT2D eigenvalue weighted by Crippen LogP contribution is 2.52. The number of ether oxygens (including phenoxy) is 1. The van der Waals surface area contributed by atoms with E-state index in [0.717, 1.165) is 18.1 Å². The summed E-state index contributed by atoms with van der Waals surface area (Å²) < 4.78 is 29.4. The second kappa shape index (κ2) is 6.31. The molecule has 1 atom stereocenters. The lowest BCUT2D eigenvalue weighted by Crippen LogP contribution is -2.44. The minimum atomic E-state index is -3.24. The van der Waals surface area contributed by atoms with Crippen LogP contribution in [0.25, 0.3) is 0 Å². The fourth-order valence-corrected chi connectivity index (χ4v) is 4.82. The van der Waals surface area contributed by atoms with E-state index in [1.165, 1.54) is 6.26 Å². The van der Waals surface area contributed by atoms with Gasteiger partial charge in [-0.1, -0.05) is 0 Å². The van der Waals surface area contributed by atoms with Crippen LogP contribution in [-0.2, 0) is 25.7 Å². The van der Waals surface area contributed by atoms with Crippen molar-refractivity contribution in [2.45, 2.75) is 37.0 Å². The zero-order valence-electron chi connectivity index (χ0n) is 15.0. The van der Waals surface area contributed by atoms with E-state index in [1.807, 2.05) is 12.1 Å². The van der Waals surface area contributed by atoms with E-state index in [9.17, 15) is 8.42 Å². The first-order valence-corrected chi connectivity index (χ1v) is 10.7. The number of anilines is 1. The number of morpholine rings is 1. The Labute approximate surface area is 152 Å². The Morgan fingerprint density at radius 3 is 2.81 bits per heavy atom. The molecule has 9 heteroatoms. The summed E-state index contributed by atoms with van der Waals surface area (Å²) >= 11 is 0. The van der Waals surface area contributed by atoms with Crippen LogP contribution in [0.15, 0.2) is 18.3 Å². The van der Waals surface area contributed by atoms with Gasteiger partial charge in [-0.05, 0) is 25.8 Å². The third-order valence-electron chi connectivity index (χ3n) is 5.21. The van der Waals surface area contributed by atoms with Gasteiger partial charge in [0.05, 0.1) is 24.9 Å². The summed E-state index contributed by atoms with van der Waals surface area (Å²) in [6, 6.07) is 3.91.